The van der Waals surface area contributed by atoms with Crippen LogP contribution in [0.15, 0.2) is 121 Å². The fourth-order valence-corrected chi connectivity index (χ4v) is 12.8. The van der Waals surface area contributed by atoms with Gasteiger partial charge in [0.25, 0.3) is 11.4 Å². The zero-order valence-corrected chi connectivity index (χ0v) is 44.0. The molecule has 8 nitrogen and oxygen atoms in total. The van der Waals surface area contributed by atoms with Gasteiger partial charge in [0.05, 0.1) is 41.4 Å². The number of hydrogen-bond donors (Lipinski definition) is 0. The largest absolute Gasteiger partial charge is 0.278 e. The average molecular weight is 1010 g/mol. The van der Waals surface area contributed by atoms with E-state index in [2.05, 4.69) is 86.6 Å². The highest BCUT2D eigenvalue weighted by Crippen LogP contribution is 2.60. The fraction of sp³-hybridized carbons (Fsp3) is 0.333. The molecule has 2 heterocycles. The van der Waals surface area contributed by atoms with Crippen LogP contribution in [0.1, 0.15) is 163 Å². The molecule has 8 aromatic rings. The second-order valence-corrected chi connectivity index (χ2v) is 21.9. The molecule has 1 aliphatic carbocycles. The number of fused-ring (bicyclic) bond motifs is 5. The molecule has 0 spiro atoms. The quantitative estimate of drug-likeness (QED) is 0.0231. The first-order chi connectivity index (χ1) is 35.7. The maximum Gasteiger partial charge on any atom is 0.278 e. The Morgan fingerprint density at radius 1 is 0.452 bits per heavy atom. The van der Waals surface area contributed by atoms with E-state index in [1.54, 1.807) is 34.8 Å². The SMILES string of the molecule is CCCCCCCCCCC1(CCCCCCCCCC)c2cc(/C=C/c3ccc(-c4nc5ccccc5s4)cc3)cc([N+](=O)[O-])c2-c2c([N+](=O)[O-])cc(/C=C/c3ccc(-c4nc5ccccc5s4)cc3)cc21. The van der Waals surface area contributed by atoms with Crippen molar-refractivity contribution in [3.63, 3.8) is 0 Å². The molecule has 1 aliphatic rings. The summed E-state index contributed by atoms with van der Waals surface area (Å²) >= 11 is 3.33. The van der Waals surface area contributed by atoms with E-state index in [9.17, 15) is 20.2 Å². The lowest BCUT2D eigenvalue weighted by Gasteiger charge is -2.33. The van der Waals surface area contributed by atoms with Crippen LogP contribution in [0.2, 0.25) is 0 Å². The third kappa shape index (κ3) is 12.1. The summed E-state index contributed by atoms with van der Waals surface area (Å²) in [4.78, 5) is 35.9. The van der Waals surface area contributed by atoms with E-state index in [1.807, 2.05) is 60.7 Å². The van der Waals surface area contributed by atoms with Crippen LogP contribution >= 0.6 is 22.7 Å². The van der Waals surface area contributed by atoms with E-state index in [0.717, 1.165) is 115 Å². The maximum atomic E-state index is 13.4. The Kier molecular flexibility index (Phi) is 17.1. The minimum absolute atomic E-state index is 0.0853. The highest BCUT2D eigenvalue weighted by molar-refractivity contribution is 7.22. The second kappa shape index (κ2) is 24.4. The third-order valence-corrected chi connectivity index (χ3v) is 16.9. The van der Waals surface area contributed by atoms with E-state index in [-0.39, 0.29) is 21.2 Å². The third-order valence-electron chi connectivity index (χ3n) is 14.7. The van der Waals surface area contributed by atoms with Crippen LogP contribution in [0.5, 0.6) is 0 Å². The highest BCUT2D eigenvalue weighted by atomic mass is 32.1. The van der Waals surface area contributed by atoms with E-state index < -0.39 is 5.41 Å². The number of aromatic nitrogens is 2. The monoisotopic (exact) mass is 1010 g/mol. The van der Waals surface area contributed by atoms with Crippen LogP contribution in [-0.4, -0.2) is 19.8 Å². The first-order valence-electron chi connectivity index (χ1n) is 26.7. The predicted octanol–water partition coefficient (Wildman–Crippen LogP) is 19.7. The first-order valence-corrected chi connectivity index (χ1v) is 28.3. The van der Waals surface area contributed by atoms with E-state index in [4.69, 9.17) is 9.97 Å². The number of nitro benzene ring substituents is 2. The molecule has 0 saturated carbocycles. The van der Waals surface area contributed by atoms with Gasteiger partial charge in [-0.2, -0.15) is 0 Å². The summed E-state index contributed by atoms with van der Waals surface area (Å²) in [6, 6.07) is 40.3. The van der Waals surface area contributed by atoms with Gasteiger partial charge in [-0.25, -0.2) is 9.97 Å². The summed E-state index contributed by atoms with van der Waals surface area (Å²) in [7, 11) is 0. The lowest BCUT2D eigenvalue weighted by molar-refractivity contribution is -0.386. The van der Waals surface area contributed by atoms with Crippen LogP contribution in [0, 0.1) is 20.2 Å². The van der Waals surface area contributed by atoms with E-state index >= 15 is 0 Å². The van der Waals surface area contributed by atoms with Crippen LogP contribution in [-0.2, 0) is 5.41 Å². The molecule has 0 radical (unpaired) electrons. The molecule has 0 unspecified atom stereocenters. The van der Waals surface area contributed by atoms with Gasteiger partial charge in [0.1, 0.15) is 10.0 Å². The number of unbranched alkanes of at least 4 members (excludes halogenated alkanes) is 14. The zero-order valence-electron chi connectivity index (χ0n) is 42.3. The summed E-state index contributed by atoms with van der Waals surface area (Å²) in [5, 5.41) is 28.8. The van der Waals surface area contributed by atoms with Crippen molar-refractivity contribution >= 4 is 78.8 Å². The molecule has 0 fully saturated rings. The Morgan fingerprint density at radius 3 is 1.18 bits per heavy atom. The second-order valence-electron chi connectivity index (χ2n) is 19.9. The number of thiazole rings is 2. The number of hydrogen-bond acceptors (Lipinski definition) is 8. The first kappa shape index (κ1) is 51.3. The summed E-state index contributed by atoms with van der Waals surface area (Å²) in [6.45, 7) is 4.48. The minimum Gasteiger partial charge on any atom is -0.258 e. The molecule has 10 heteroatoms. The van der Waals surface area contributed by atoms with Gasteiger partial charge in [0, 0.05) is 28.7 Å². The summed E-state index contributed by atoms with van der Waals surface area (Å²) in [5.41, 5.74) is 9.05. The van der Waals surface area contributed by atoms with Crippen LogP contribution in [0.25, 0.3) is 77.0 Å². The number of nitrogens with zero attached hydrogens (tertiary/aromatic N) is 4. The van der Waals surface area contributed by atoms with Gasteiger partial charge in [0.2, 0.25) is 0 Å². The molecule has 0 N–H and O–H groups in total. The molecule has 0 atom stereocenters. The van der Waals surface area contributed by atoms with Gasteiger partial charge in [-0.05, 0) is 82.6 Å². The topological polar surface area (TPSA) is 112 Å². The Morgan fingerprint density at radius 2 is 0.808 bits per heavy atom. The van der Waals surface area contributed by atoms with Gasteiger partial charge in [-0.15, -0.1) is 22.7 Å². The molecular weight excluding hydrogens is 941 g/mol. The van der Waals surface area contributed by atoms with Gasteiger partial charge in [-0.1, -0.05) is 214 Å². The van der Waals surface area contributed by atoms with Crippen molar-refractivity contribution in [1.82, 2.24) is 9.97 Å². The molecule has 2 aromatic heterocycles. The van der Waals surface area contributed by atoms with E-state index in [0.29, 0.717) is 22.3 Å². The van der Waals surface area contributed by atoms with Crippen molar-refractivity contribution in [2.75, 3.05) is 0 Å². The van der Waals surface area contributed by atoms with Crippen molar-refractivity contribution in [2.45, 2.75) is 135 Å². The molecule has 0 bridgehead atoms. The standard InChI is InChI=1S/C63H66N4O4S2/c1-3-5-7-9-11-13-15-21-39-63(40-22-16-14-12-10-8-6-4-2)51-41-47(29-27-45-31-35-49(36-32-45)61-64-53-23-17-19-25-57(53)72-61)43-55(66(68)69)59(51)60-52(63)42-48(44-56(60)67(70)71)30-28-46-33-37-50(38-34-46)62-65-54-24-18-20-26-58(54)73-62/h17-20,23-38,41-44H,3-16,21-22,39-40H2,1-2H3/b29-27+,30-28+. The van der Waals surface area contributed by atoms with Gasteiger partial charge in [-0.3, -0.25) is 20.2 Å². The van der Waals surface area contributed by atoms with E-state index in [1.165, 1.54) is 64.2 Å². The van der Waals surface area contributed by atoms with Crippen molar-refractivity contribution in [2.24, 2.45) is 0 Å². The Hall–Kier alpha value is -6.62. The van der Waals surface area contributed by atoms with Gasteiger partial charge < -0.3 is 0 Å². The minimum atomic E-state index is -0.657. The van der Waals surface area contributed by atoms with Crippen molar-refractivity contribution in [3.8, 4) is 32.3 Å². The van der Waals surface area contributed by atoms with Crippen LogP contribution in [0.3, 0.4) is 0 Å². The Labute approximate surface area is 438 Å². The number of rotatable bonds is 26. The number of para-hydroxylation sites is 2. The lowest BCUT2D eigenvalue weighted by Crippen LogP contribution is -2.26. The summed E-state index contributed by atoms with van der Waals surface area (Å²) < 4.78 is 2.28. The molecule has 73 heavy (non-hydrogen) atoms. The predicted molar refractivity (Wildman–Crippen MR) is 308 cm³/mol. The molecule has 0 saturated heterocycles. The molecule has 6 aromatic carbocycles. The van der Waals surface area contributed by atoms with Crippen molar-refractivity contribution in [1.29, 1.82) is 0 Å². The molecule has 0 aliphatic heterocycles. The van der Waals surface area contributed by atoms with Gasteiger partial charge >= 0.3 is 0 Å². The zero-order chi connectivity index (χ0) is 50.6. The van der Waals surface area contributed by atoms with Gasteiger partial charge in [0.15, 0.2) is 0 Å². The maximum absolute atomic E-state index is 13.4. The molecule has 374 valence electrons. The van der Waals surface area contributed by atoms with Crippen molar-refractivity contribution < 1.29 is 9.85 Å². The normalized spacial score (nSPS) is 12.9. The Bertz CT molecular complexity index is 2960. The Balaban J connectivity index is 1.09. The van der Waals surface area contributed by atoms with Crippen LogP contribution < -0.4 is 0 Å². The number of benzene rings is 6. The smallest absolute Gasteiger partial charge is 0.258 e. The summed E-state index contributed by atoms with van der Waals surface area (Å²) in [5.74, 6) is 0. The molecular formula is C63H66N4O4S2. The van der Waals surface area contributed by atoms with Crippen LogP contribution in [0.4, 0.5) is 11.4 Å². The fourth-order valence-electron chi connectivity index (χ4n) is 10.8. The number of nitro groups is 2. The lowest BCUT2D eigenvalue weighted by atomic mass is 9.70. The average Bonchev–Trinajstić information content (AvgIpc) is 4.13. The molecule has 0 amide bonds. The summed E-state index contributed by atoms with van der Waals surface area (Å²) in [6.07, 6.45) is 27.9. The van der Waals surface area contributed by atoms with Crippen molar-refractivity contribution in [3.05, 3.63) is 175 Å². The molecule has 9 rings (SSSR count). The highest BCUT2D eigenvalue weighted by Gasteiger charge is 2.48.